The second kappa shape index (κ2) is 8.64. The third kappa shape index (κ3) is 4.63. The lowest BCUT2D eigenvalue weighted by Gasteiger charge is -2.17. The summed E-state index contributed by atoms with van der Waals surface area (Å²) < 4.78 is 5.49. The molecule has 0 atom stereocenters. The monoisotopic (exact) mass is 378 g/mol. The molecule has 0 N–H and O–H groups in total. The van der Waals surface area contributed by atoms with E-state index in [-0.39, 0.29) is 5.91 Å². The van der Waals surface area contributed by atoms with Crippen molar-refractivity contribution in [2.75, 3.05) is 13.7 Å². The second-order valence-corrected chi connectivity index (χ2v) is 7.20. The summed E-state index contributed by atoms with van der Waals surface area (Å²) in [4.78, 5) is 19.9. The molecule has 0 aliphatic heterocycles. The molecule has 0 saturated carbocycles. The van der Waals surface area contributed by atoms with E-state index in [0.29, 0.717) is 18.0 Å². The molecule has 4 nitrogen and oxygen atoms in total. The number of amides is 1. The van der Waals surface area contributed by atoms with Gasteiger partial charge in [-0.25, -0.2) is 4.98 Å². The normalized spacial score (nSPS) is 10.4. The first-order valence-electron chi connectivity index (χ1n) is 8.69. The molecule has 0 aliphatic carbocycles. The van der Waals surface area contributed by atoms with E-state index in [1.54, 1.807) is 11.0 Å². The SMILES string of the molecule is C=CCOc1ccc(CN(C)C(=O)c2sc(-c3ccccc3)nc2C)cc1. The van der Waals surface area contributed by atoms with E-state index in [1.165, 1.54) is 11.3 Å². The molecule has 2 aromatic carbocycles. The molecule has 0 unspecified atom stereocenters. The van der Waals surface area contributed by atoms with Crippen LogP contribution in [0.15, 0.2) is 67.3 Å². The van der Waals surface area contributed by atoms with Crippen LogP contribution in [-0.4, -0.2) is 29.4 Å². The molecule has 1 heterocycles. The van der Waals surface area contributed by atoms with Crippen molar-refractivity contribution < 1.29 is 9.53 Å². The summed E-state index contributed by atoms with van der Waals surface area (Å²) in [7, 11) is 1.81. The van der Waals surface area contributed by atoms with Crippen molar-refractivity contribution in [3.05, 3.63) is 83.4 Å². The minimum absolute atomic E-state index is 0.0147. The zero-order valence-electron chi connectivity index (χ0n) is 15.5. The number of ether oxygens (including phenoxy) is 1. The number of hydrogen-bond acceptors (Lipinski definition) is 4. The Labute approximate surface area is 163 Å². The molecular weight excluding hydrogens is 356 g/mol. The van der Waals surface area contributed by atoms with Crippen LogP contribution in [0.4, 0.5) is 0 Å². The number of nitrogens with zero attached hydrogens (tertiary/aromatic N) is 2. The Morgan fingerprint density at radius 3 is 2.56 bits per heavy atom. The van der Waals surface area contributed by atoms with Gasteiger partial charge in [-0.1, -0.05) is 55.1 Å². The van der Waals surface area contributed by atoms with Gasteiger partial charge < -0.3 is 9.64 Å². The fraction of sp³-hybridized carbons (Fsp3) is 0.182. The average Bonchev–Trinajstić information content (AvgIpc) is 3.09. The molecule has 0 aliphatic rings. The summed E-state index contributed by atoms with van der Waals surface area (Å²) in [5, 5.41) is 0.869. The first-order chi connectivity index (χ1) is 13.1. The third-order valence-corrected chi connectivity index (χ3v) is 5.26. The van der Waals surface area contributed by atoms with Crippen LogP contribution < -0.4 is 4.74 Å². The minimum Gasteiger partial charge on any atom is -0.490 e. The Hall–Kier alpha value is -2.92. The molecule has 27 heavy (non-hydrogen) atoms. The van der Waals surface area contributed by atoms with Crippen LogP contribution in [0.3, 0.4) is 0 Å². The van der Waals surface area contributed by atoms with Gasteiger partial charge in [0.1, 0.15) is 22.2 Å². The number of aromatic nitrogens is 1. The van der Waals surface area contributed by atoms with Gasteiger partial charge in [-0.2, -0.15) is 0 Å². The smallest absolute Gasteiger partial charge is 0.265 e. The number of benzene rings is 2. The lowest BCUT2D eigenvalue weighted by molar-refractivity contribution is 0.0789. The van der Waals surface area contributed by atoms with Crippen LogP contribution in [-0.2, 0) is 6.54 Å². The maximum atomic E-state index is 12.9. The quantitative estimate of drug-likeness (QED) is 0.546. The maximum absolute atomic E-state index is 12.9. The summed E-state index contributed by atoms with van der Waals surface area (Å²) >= 11 is 1.44. The van der Waals surface area contributed by atoms with Crippen LogP contribution in [0.2, 0.25) is 0 Å². The zero-order chi connectivity index (χ0) is 19.2. The lowest BCUT2D eigenvalue weighted by atomic mass is 10.2. The van der Waals surface area contributed by atoms with Gasteiger partial charge in [0.25, 0.3) is 5.91 Å². The number of hydrogen-bond donors (Lipinski definition) is 0. The number of carbonyl (C=O) groups is 1. The highest BCUT2D eigenvalue weighted by molar-refractivity contribution is 7.17. The van der Waals surface area contributed by atoms with Gasteiger partial charge in [-0.15, -0.1) is 11.3 Å². The van der Waals surface area contributed by atoms with E-state index in [9.17, 15) is 4.79 Å². The number of rotatable bonds is 7. The van der Waals surface area contributed by atoms with Crippen molar-refractivity contribution in [1.82, 2.24) is 9.88 Å². The Morgan fingerprint density at radius 2 is 1.89 bits per heavy atom. The van der Waals surface area contributed by atoms with E-state index >= 15 is 0 Å². The summed E-state index contributed by atoms with van der Waals surface area (Å²) in [6.07, 6.45) is 1.71. The fourth-order valence-electron chi connectivity index (χ4n) is 2.66. The molecule has 0 fully saturated rings. The maximum Gasteiger partial charge on any atom is 0.265 e. The summed E-state index contributed by atoms with van der Waals surface area (Å²) in [6, 6.07) is 17.7. The highest BCUT2D eigenvalue weighted by atomic mass is 32.1. The van der Waals surface area contributed by atoms with Crippen molar-refractivity contribution in [2.24, 2.45) is 0 Å². The Balaban J connectivity index is 1.70. The zero-order valence-corrected chi connectivity index (χ0v) is 16.3. The summed E-state index contributed by atoms with van der Waals surface area (Å²) in [6.45, 7) is 6.53. The van der Waals surface area contributed by atoms with Crippen LogP contribution in [0, 0.1) is 6.92 Å². The van der Waals surface area contributed by atoms with Gasteiger partial charge in [0.05, 0.1) is 5.69 Å². The topological polar surface area (TPSA) is 42.4 Å². The molecule has 1 aromatic heterocycles. The Morgan fingerprint density at radius 1 is 1.19 bits per heavy atom. The molecule has 3 aromatic rings. The average molecular weight is 378 g/mol. The van der Waals surface area contributed by atoms with E-state index in [0.717, 1.165) is 27.6 Å². The van der Waals surface area contributed by atoms with Crippen molar-refractivity contribution in [1.29, 1.82) is 0 Å². The largest absolute Gasteiger partial charge is 0.490 e. The highest BCUT2D eigenvalue weighted by Gasteiger charge is 2.19. The van der Waals surface area contributed by atoms with Crippen molar-refractivity contribution >= 4 is 17.2 Å². The molecule has 0 bridgehead atoms. The number of thiazole rings is 1. The molecule has 0 spiro atoms. The van der Waals surface area contributed by atoms with Crippen LogP contribution >= 0.6 is 11.3 Å². The van der Waals surface area contributed by atoms with Gasteiger partial charge in [-0.05, 0) is 24.6 Å². The highest BCUT2D eigenvalue weighted by Crippen LogP contribution is 2.28. The molecular formula is C22H22N2O2S. The standard InChI is InChI=1S/C22H22N2O2S/c1-4-14-26-19-12-10-17(11-13-19)15-24(3)22(25)20-16(2)23-21(27-20)18-8-6-5-7-9-18/h4-13H,1,14-15H2,2-3H3. The number of aryl methyl sites for hydroxylation is 1. The molecule has 3 rings (SSSR count). The van der Waals surface area contributed by atoms with Crippen molar-refractivity contribution in [2.45, 2.75) is 13.5 Å². The first-order valence-corrected chi connectivity index (χ1v) is 9.51. The van der Waals surface area contributed by atoms with Crippen molar-refractivity contribution in [3.8, 4) is 16.3 Å². The molecule has 138 valence electrons. The molecule has 0 saturated heterocycles. The molecule has 0 radical (unpaired) electrons. The van der Waals surface area contributed by atoms with Crippen LogP contribution in [0.5, 0.6) is 5.75 Å². The lowest BCUT2D eigenvalue weighted by Crippen LogP contribution is -2.26. The van der Waals surface area contributed by atoms with E-state index < -0.39 is 0 Å². The summed E-state index contributed by atoms with van der Waals surface area (Å²) in [5.74, 6) is 0.776. The summed E-state index contributed by atoms with van der Waals surface area (Å²) in [5.41, 5.74) is 2.84. The van der Waals surface area contributed by atoms with Gasteiger partial charge in [0.2, 0.25) is 0 Å². The molecule has 5 heteroatoms. The van der Waals surface area contributed by atoms with Gasteiger partial charge in [0, 0.05) is 19.2 Å². The van der Waals surface area contributed by atoms with E-state index in [1.807, 2.05) is 68.6 Å². The predicted octanol–water partition coefficient (Wildman–Crippen LogP) is 4.96. The Kier molecular flexibility index (Phi) is 6.04. The van der Waals surface area contributed by atoms with Crippen LogP contribution in [0.1, 0.15) is 20.9 Å². The Bertz CT molecular complexity index is 917. The van der Waals surface area contributed by atoms with E-state index in [2.05, 4.69) is 11.6 Å². The number of carbonyl (C=O) groups excluding carboxylic acids is 1. The first kappa shape index (κ1) is 18.9. The van der Waals surface area contributed by atoms with E-state index in [4.69, 9.17) is 4.74 Å². The fourth-order valence-corrected chi connectivity index (χ4v) is 3.73. The van der Waals surface area contributed by atoms with Gasteiger partial charge >= 0.3 is 0 Å². The third-order valence-electron chi connectivity index (χ3n) is 4.07. The van der Waals surface area contributed by atoms with Crippen molar-refractivity contribution in [3.63, 3.8) is 0 Å². The van der Waals surface area contributed by atoms with Gasteiger partial charge in [0.15, 0.2) is 0 Å². The van der Waals surface area contributed by atoms with Gasteiger partial charge in [-0.3, -0.25) is 4.79 Å². The molecule has 1 amide bonds. The van der Waals surface area contributed by atoms with Crippen LogP contribution in [0.25, 0.3) is 10.6 Å². The predicted molar refractivity (Wildman–Crippen MR) is 110 cm³/mol. The minimum atomic E-state index is -0.0147. The second-order valence-electron chi connectivity index (χ2n) is 6.20.